The number of rotatable bonds is 3. The summed E-state index contributed by atoms with van der Waals surface area (Å²) >= 11 is 0. The van der Waals surface area contributed by atoms with Gasteiger partial charge in [0.2, 0.25) is 5.91 Å². The van der Waals surface area contributed by atoms with Crippen molar-refractivity contribution < 1.29 is 14.3 Å². The van der Waals surface area contributed by atoms with E-state index in [2.05, 4.69) is 24.1 Å². The number of likely N-dealkylation sites (tertiary alicyclic amines) is 1. The number of nitrogens with zero attached hydrogens (tertiary/aromatic N) is 1. The summed E-state index contributed by atoms with van der Waals surface area (Å²) in [6.45, 7) is 6.98. The Hall–Kier alpha value is -1.75. The first-order valence-electron chi connectivity index (χ1n) is 9.56. The number of amides is 1. The number of benzene rings is 1. The van der Waals surface area contributed by atoms with Crippen molar-refractivity contribution in [2.75, 3.05) is 25.0 Å². The lowest BCUT2D eigenvalue weighted by Crippen LogP contribution is -2.42. The van der Waals surface area contributed by atoms with Gasteiger partial charge < -0.3 is 14.8 Å². The topological polar surface area (TPSA) is 50.8 Å². The van der Waals surface area contributed by atoms with Crippen LogP contribution in [0.5, 0.6) is 11.5 Å². The third-order valence-corrected chi connectivity index (χ3v) is 5.50. The van der Waals surface area contributed by atoms with Gasteiger partial charge in [-0.15, -0.1) is 0 Å². The van der Waals surface area contributed by atoms with Crippen molar-refractivity contribution in [1.82, 2.24) is 4.90 Å². The van der Waals surface area contributed by atoms with E-state index in [4.69, 9.17) is 9.47 Å². The predicted octanol–water partition coefficient (Wildman–Crippen LogP) is 3.64. The van der Waals surface area contributed by atoms with Gasteiger partial charge in [-0.3, -0.25) is 9.69 Å². The van der Waals surface area contributed by atoms with Crippen LogP contribution < -0.4 is 14.8 Å². The molecule has 136 valence electrons. The number of piperidine rings is 1. The average Bonchev–Trinajstić information content (AvgIpc) is 3.12. The first kappa shape index (κ1) is 16.7. The molecule has 2 atom stereocenters. The van der Waals surface area contributed by atoms with E-state index >= 15 is 0 Å². The molecule has 3 aliphatic rings. The Morgan fingerprint density at radius 3 is 2.56 bits per heavy atom. The molecule has 1 aromatic rings. The molecule has 1 saturated carbocycles. The molecular weight excluding hydrogens is 316 g/mol. The summed E-state index contributed by atoms with van der Waals surface area (Å²) in [4.78, 5) is 14.7. The van der Waals surface area contributed by atoms with Gasteiger partial charge in [0, 0.05) is 37.7 Å². The van der Waals surface area contributed by atoms with Crippen molar-refractivity contribution in [2.24, 2.45) is 11.8 Å². The van der Waals surface area contributed by atoms with E-state index in [1.54, 1.807) is 0 Å². The Kier molecular flexibility index (Phi) is 4.36. The lowest BCUT2D eigenvalue weighted by Gasteiger charge is -2.34. The molecule has 0 aromatic heterocycles. The number of carbonyl (C=O) groups is 1. The van der Waals surface area contributed by atoms with Gasteiger partial charge in [-0.25, -0.2) is 0 Å². The van der Waals surface area contributed by atoms with E-state index in [0.717, 1.165) is 56.0 Å². The van der Waals surface area contributed by atoms with E-state index in [1.807, 2.05) is 18.2 Å². The smallest absolute Gasteiger partial charge is 0.251 e. The molecule has 0 unspecified atom stereocenters. The van der Waals surface area contributed by atoms with Crippen LogP contribution in [0.4, 0.5) is 5.69 Å². The summed E-state index contributed by atoms with van der Waals surface area (Å²) in [5, 5.41) is 3.01. The SMILES string of the molecule is C[C@@H]1C[C@@H](C)CN(CC(=O)Nc2ccc3c(c2)OC2(CCCC2)O3)C1. The van der Waals surface area contributed by atoms with Crippen LogP contribution in [0.3, 0.4) is 0 Å². The molecule has 2 aliphatic heterocycles. The fraction of sp³-hybridized carbons (Fsp3) is 0.650. The number of anilines is 1. The minimum absolute atomic E-state index is 0.0377. The van der Waals surface area contributed by atoms with E-state index < -0.39 is 5.79 Å². The quantitative estimate of drug-likeness (QED) is 0.909. The van der Waals surface area contributed by atoms with E-state index in [9.17, 15) is 4.79 Å². The van der Waals surface area contributed by atoms with Crippen LogP contribution in [0.1, 0.15) is 46.0 Å². The molecule has 1 spiro atoms. The predicted molar refractivity (Wildman–Crippen MR) is 96.9 cm³/mol. The molecule has 1 aliphatic carbocycles. The van der Waals surface area contributed by atoms with Gasteiger partial charge in [0.15, 0.2) is 11.5 Å². The molecule has 2 fully saturated rings. The first-order chi connectivity index (χ1) is 12.0. The monoisotopic (exact) mass is 344 g/mol. The Labute approximate surface area is 149 Å². The van der Waals surface area contributed by atoms with Crippen LogP contribution in [0.15, 0.2) is 18.2 Å². The van der Waals surface area contributed by atoms with Crippen LogP contribution in [0.25, 0.3) is 0 Å². The van der Waals surface area contributed by atoms with Gasteiger partial charge in [-0.1, -0.05) is 13.8 Å². The van der Waals surface area contributed by atoms with Gasteiger partial charge in [-0.05, 0) is 43.2 Å². The lowest BCUT2D eigenvalue weighted by atomic mass is 9.92. The number of fused-ring (bicyclic) bond motifs is 1. The van der Waals surface area contributed by atoms with Crippen LogP contribution >= 0.6 is 0 Å². The number of hydrogen-bond acceptors (Lipinski definition) is 4. The van der Waals surface area contributed by atoms with Crippen molar-refractivity contribution in [2.45, 2.75) is 51.7 Å². The molecule has 5 heteroatoms. The molecule has 1 saturated heterocycles. The first-order valence-corrected chi connectivity index (χ1v) is 9.56. The van der Waals surface area contributed by atoms with Crippen LogP contribution in [-0.2, 0) is 4.79 Å². The normalized spacial score (nSPS) is 27.6. The number of nitrogens with one attached hydrogen (secondary N) is 1. The molecule has 0 radical (unpaired) electrons. The molecule has 1 aromatic carbocycles. The maximum Gasteiger partial charge on any atom is 0.251 e. The van der Waals surface area contributed by atoms with Gasteiger partial charge >= 0.3 is 0 Å². The Morgan fingerprint density at radius 2 is 1.84 bits per heavy atom. The summed E-state index contributed by atoms with van der Waals surface area (Å²) in [5.74, 6) is 2.44. The van der Waals surface area contributed by atoms with Crippen molar-refractivity contribution >= 4 is 11.6 Å². The fourth-order valence-electron chi connectivity index (χ4n) is 4.61. The van der Waals surface area contributed by atoms with E-state index in [-0.39, 0.29) is 5.91 Å². The van der Waals surface area contributed by atoms with Gasteiger partial charge in [-0.2, -0.15) is 0 Å². The van der Waals surface area contributed by atoms with Crippen LogP contribution in [0.2, 0.25) is 0 Å². The van der Waals surface area contributed by atoms with Crippen molar-refractivity contribution in [3.05, 3.63) is 18.2 Å². The van der Waals surface area contributed by atoms with Crippen LogP contribution in [0, 0.1) is 11.8 Å². The highest BCUT2D eigenvalue weighted by Crippen LogP contribution is 2.47. The van der Waals surface area contributed by atoms with Gasteiger partial charge in [0.05, 0.1) is 6.54 Å². The number of ether oxygens (including phenoxy) is 2. The number of carbonyl (C=O) groups excluding carboxylic acids is 1. The molecule has 1 amide bonds. The molecule has 25 heavy (non-hydrogen) atoms. The van der Waals surface area contributed by atoms with Crippen molar-refractivity contribution in [3.8, 4) is 11.5 Å². The highest BCUT2D eigenvalue weighted by molar-refractivity contribution is 5.92. The summed E-state index contributed by atoms with van der Waals surface area (Å²) in [6.07, 6.45) is 5.42. The zero-order valence-corrected chi connectivity index (χ0v) is 15.2. The zero-order valence-electron chi connectivity index (χ0n) is 15.2. The standard InChI is InChI=1S/C20H28N2O3/c1-14-9-15(2)12-22(11-14)13-19(23)21-16-5-6-17-18(10-16)25-20(24-17)7-3-4-8-20/h5-6,10,14-15H,3-4,7-9,11-13H2,1-2H3,(H,21,23)/t14-,15-/m1/s1. The Balaban J connectivity index is 1.36. The second kappa shape index (κ2) is 6.52. The van der Waals surface area contributed by atoms with Crippen molar-refractivity contribution in [3.63, 3.8) is 0 Å². The minimum Gasteiger partial charge on any atom is -0.448 e. The van der Waals surface area contributed by atoms with Crippen molar-refractivity contribution in [1.29, 1.82) is 0 Å². The van der Waals surface area contributed by atoms with E-state index in [1.165, 1.54) is 6.42 Å². The third-order valence-electron chi connectivity index (χ3n) is 5.50. The van der Waals surface area contributed by atoms with E-state index in [0.29, 0.717) is 18.4 Å². The second-order valence-electron chi connectivity index (χ2n) is 8.17. The maximum absolute atomic E-state index is 12.4. The summed E-state index contributed by atoms with van der Waals surface area (Å²) < 4.78 is 12.1. The Morgan fingerprint density at radius 1 is 1.16 bits per heavy atom. The van der Waals surface area contributed by atoms with Crippen LogP contribution in [-0.4, -0.2) is 36.2 Å². The second-order valence-corrected chi connectivity index (χ2v) is 8.17. The molecular formula is C20H28N2O3. The fourth-order valence-corrected chi connectivity index (χ4v) is 4.61. The van der Waals surface area contributed by atoms with Gasteiger partial charge in [0.25, 0.3) is 5.79 Å². The minimum atomic E-state index is -0.453. The highest BCUT2D eigenvalue weighted by Gasteiger charge is 2.44. The summed E-state index contributed by atoms with van der Waals surface area (Å²) in [6, 6.07) is 5.69. The highest BCUT2D eigenvalue weighted by atomic mass is 16.7. The summed E-state index contributed by atoms with van der Waals surface area (Å²) in [5.41, 5.74) is 0.778. The molecule has 1 N–H and O–H groups in total. The third kappa shape index (κ3) is 3.61. The molecule has 2 heterocycles. The molecule has 0 bridgehead atoms. The van der Waals surface area contributed by atoms with Gasteiger partial charge in [0.1, 0.15) is 0 Å². The molecule has 5 nitrogen and oxygen atoms in total. The molecule has 4 rings (SSSR count). The average molecular weight is 344 g/mol. The lowest BCUT2D eigenvalue weighted by molar-refractivity contribution is -0.117. The summed E-state index contributed by atoms with van der Waals surface area (Å²) in [7, 11) is 0. The Bertz CT molecular complexity index is 644. The maximum atomic E-state index is 12.4. The number of hydrogen-bond donors (Lipinski definition) is 1. The largest absolute Gasteiger partial charge is 0.448 e. The zero-order chi connectivity index (χ0) is 17.4.